The Balaban J connectivity index is 1.75. The van der Waals surface area contributed by atoms with Gasteiger partial charge in [0.25, 0.3) is 0 Å². The predicted octanol–water partition coefficient (Wildman–Crippen LogP) is 3.18. The quantitative estimate of drug-likeness (QED) is 0.693. The highest BCUT2D eigenvalue weighted by Gasteiger charge is 2.32. The Hall–Kier alpha value is -1.58. The number of piperazine rings is 1. The van der Waals surface area contributed by atoms with Gasteiger partial charge in [0.15, 0.2) is 0 Å². The van der Waals surface area contributed by atoms with Crippen molar-refractivity contribution < 1.29 is 17.9 Å². The van der Waals surface area contributed by atoms with Crippen LogP contribution in [0.3, 0.4) is 0 Å². The van der Waals surface area contributed by atoms with Crippen LogP contribution in [0.15, 0.2) is 33.8 Å². The summed E-state index contributed by atoms with van der Waals surface area (Å²) in [4.78, 5) is 14.0. The highest BCUT2D eigenvalue weighted by atomic mass is 79.9. The Kier molecular flexibility index (Phi) is 5.31. The van der Waals surface area contributed by atoms with E-state index in [9.17, 15) is 13.2 Å². The number of halogens is 1. The average Bonchev–Trinajstić information content (AvgIpc) is 2.87. The molecule has 9 heteroatoms. The molecule has 2 aromatic rings. The Morgan fingerprint density at radius 2 is 1.78 bits per heavy atom. The lowest BCUT2D eigenvalue weighted by Crippen LogP contribution is -2.51. The summed E-state index contributed by atoms with van der Waals surface area (Å²) in [5, 5.41) is 0.853. The summed E-state index contributed by atoms with van der Waals surface area (Å²) in [6.45, 7) is 6.54. The molecule has 7 nitrogen and oxygen atoms in total. The molecule has 1 aromatic heterocycles. The van der Waals surface area contributed by atoms with Crippen LogP contribution in [0, 0.1) is 0 Å². The zero-order valence-electron chi connectivity index (χ0n) is 15.9. The molecule has 0 saturated carbocycles. The first-order valence-electron chi connectivity index (χ1n) is 8.72. The fourth-order valence-electron chi connectivity index (χ4n) is 3.07. The van der Waals surface area contributed by atoms with Crippen LogP contribution in [0.1, 0.15) is 20.8 Å². The summed E-state index contributed by atoms with van der Waals surface area (Å²) < 4.78 is 35.6. The fourth-order valence-corrected chi connectivity index (χ4v) is 5.14. The van der Waals surface area contributed by atoms with Gasteiger partial charge in [0.05, 0.1) is 4.90 Å². The molecular formula is C18H24BrN3O4S. The van der Waals surface area contributed by atoms with Gasteiger partial charge in [-0.05, 0) is 54.9 Å². The first-order chi connectivity index (χ1) is 12.5. The number of carbonyl (C=O) groups is 1. The molecule has 0 atom stereocenters. The fraction of sp³-hybridized carbons (Fsp3) is 0.500. The minimum atomic E-state index is -3.62. The summed E-state index contributed by atoms with van der Waals surface area (Å²) >= 11 is 3.47. The van der Waals surface area contributed by atoms with E-state index in [1.165, 1.54) is 4.31 Å². The Morgan fingerprint density at radius 3 is 2.37 bits per heavy atom. The summed E-state index contributed by atoms with van der Waals surface area (Å²) in [5.41, 5.74) is 0.384. The molecule has 1 aromatic carbocycles. The van der Waals surface area contributed by atoms with Crippen LogP contribution in [0.5, 0.6) is 0 Å². The van der Waals surface area contributed by atoms with Crippen LogP contribution in [-0.4, -0.2) is 60.1 Å². The number of aryl methyl sites for hydroxylation is 1. The average molecular weight is 458 g/mol. The largest absolute Gasteiger partial charge is 0.444 e. The van der Waals surface area contributed by atoms with E-state index in [2.05, 4.69) is 15.9 Å². The Bertz CT molecular complexity index is 970. The SMILES string of the molecule is Cn1cc(Br)c2cc(S(=O)(=O)N3CCN(C(=O)OC(C)(C)C)CC3)ccc21. The molecule has 0 radical (unpaired) electrons. The molecule has 1 amide bonds. The minimum absolute atomic E-state index is 0.246. The van der Waals surface area contributed by atoms with Crippen molar-refractivity contribution in [2.24, 2.45) is 7.05 Å². The molecule has 2 heterocycles. The number of rotatable bonds is 2. The topological polar surface area (TPSA) is 71.9 Å². The minimum Gasteiger partial charge on any atom is -0.444 e. The van der Waals surface area contributed by atoms with E-state index in [-0.39, 0.29) is 18.0 Å². The van der Waals surface area contributed by atoms with Crippen molar-refractivity contribution in [2.75, 3.05) is 26.2 Å². The van der Waals surface area contributed by atoms with E-state index in [4.69, 9.17) is 4.74 Å². The highest BCUT2D eigenvalue weighted by Crippen LogP contribution is 2.29. The monoisotopic (exact) mass is 457 g/mol. The molecule has 0 unspecified atom stereocenters. The first-order valence-corrected chi connectivity index (χ1v) is 10.9. The second-order valence-corrected chi connectivity index (χ2v) is 10.4. The lowest BCUT2D eigenvalue weighted by molar-refractivity contribution is 0.0192. The molecule has 27 heavy (non-hydrogen) atoms. The van der Waals surface area contributed by atoms with Gasteiger partial charge >= 0.3 is 6.09 Å². The van der Waals surface area contributed by atoms with Crippen LogP contribution in [0.4, 0.5) is 4.79 Å². The molecule has 0 aliphatic carbocycles. The zero-order chi connectivity index (χ0) is 20.0. The smallest absolute Gasteiger partial charge is 0.410 e. The van der Waals surface area contributed by atoms with Crippen molar-refractivity contribution in [3.05, 3.63) is 28.9 Å². The molecular weight excluding hydrogens is 434 g/mol. The van der Waals surface area contributed by atoms with Crippen LogP contribution >= 0.6 is 15.9 Å². The molecule has 1 aliphatic rings. The van der Waals surface area contributed by atoms with E-state index in [1.54, 1.807) is 17.0 Å². The number of nitrogens with zero attached hydrogens (tertiary/aromatic N) is 3. The van der Waals surface area contributed by atoms with Gasteiger partial charge in [-0.2, -0.15) is 4.31 Å². The molecule has 1 fully saturated rings. The number of ether oxygens (including phenoxy) is 1. The maximum Gasteiger partial charge on any atom is 0.410 e. The van der Waals surface area contributed by atoms with Gasteiger partial charge < -0.3 is 14.2 Å². The number of hydrogen-bond donors (Lipinski definition) is 0. The second-order valence-electron chi connectivity index (χ2n) is 7.64. The standard InChI is InChI=1S/C18H24BrN3O4S/c1-18(2,3)26-17(23)21-7-9-22(10-8-21)27(24,25)13-5-6-16-14(11-13)15(19)12-20(16)4/h5-6,11-12H,7-10H2,1-4H3. The van der Waals surface area contributed by atoms with Gasteiger partial charge in [0.1, 0.15) is 5.60 Å². The van der Waals surface area contributed by atoms with E-state index >= 15 is 0 Å². The van der Waals surface area contributed by atoms with E-state index in [0.717, 1.165) is 15.4 Å². The maximum atomic E-state index is 13.0. The van der Waals surface area contributed by atoms with Crippen molar-refractivity contribution in [1.29, 1.82) is 0 Å². The summed E-state index contributed by atoms with van der Waals surface area (Å²) in [6.07, 6.45) is 1.50. The number of carbonyl (C=O) groups excluding carboxylic acids is 1. The summed E-state index contributed by atoms with van der Waals surface area (Å²) in [7, 11) is -1.71. The van der Waals surface area contributed by atoms with E-state index < -0.39 is 21.7 Å². The van der Waals surface area contributed by atoms with E-state index in [0.29, 0.717) is 13.1 Å². The van der Waals surface area contributed by atoms with E-state index in [1.807, 2.05) is 44.6 Å². The number of benzene rings is 1. The maximum absolute atomic E-state index is 13.0. The third-order valence-corrected chi connectivity index (χ3v) is 6.97. The van der Waals surface area contributed by atoms with Gasteiger partial charge in [-0.1, -0.05) is 0 Å². The normalized spacial score (nSPS) is 16.7. The van der Waals surface area contributed by atoms with Crippen molar-refractivity contribution in [2.45, 2.75) is 31.3 Å². The molecule has 0 spiro atoms. The molecule has 0 bridgehead atoms. The number of hydrogen-bond acceptors (Lipinski definition) is 4. The van der Waals surface area contributed by atoms with Crippen molar-refractivity contribution in [3.63, 3.8) is 0 Å². The number of aromatic nitrogens is 1. The molecule has 1 aliphatic heterocycles. The molecule has 148 valence electrons. The van der Waals surface area contributed by atoms with Crippen molar-refractivity contribution in [1.82, 2.24) is 13.8 Å². The molecule has 1 saturated heterocycles. The van der Waals surface area contributed by atoms with Crippen LogP contribution in [0.25, 0.3) is 10.9 Å². The van der Waals surface area contributed by atoms with Crippen LogP contribution < -0.4 is 0 Å². The molecule has 3 rings (SSSR count). The van der Waals surface area contributed by atoms with Gasteiger partial charge in [-0.25, -0.2) is 13.2 Å². The predicted molar refractivity (Wildman–Crippen MR) is 107 cm³/mol. The van der Waals surface area contributed by atoms with Gasteiger partial charge in [-0.15, -0.1) is 0 Å². The third-order valence-electron chi connectivity index (χ3n) is 4.44. The summed E-state index contributed by atoms with van der Waals surface area (Å²) in [5.74, 6) is 0. The van der Waals surface area contributed by atoms with Crippen LogP contribution in [0.2, 0.25) is 0 Å². The molecule has 0 N–H and O–H groups in total. The van der Waals surface area contributed by atoms with Crippen molar-refractivity contribution in [3.8, 4) is 0 Å². The Labute approximate surface area is 168 Å². The third kappa shape index (κ3) is 4.14. The summed E-state index contributed by atoms with van der Waals surface area (Å²) in [6, 6.07) is 5.13. The number of amides is 1. The van der Waals surface area contributed by atoms with Gasteiger partial charge in [0.2, 0.25) is 10.0 Å². The number of fused-ring (bicyclic) bond motifs is 1. The first kappa shape index (κ1) is 20.2. The van der Waals surface area contributed by atoms with Crippen molar-refractivity contribution >= 4 is 42.9 Å². The second kappa shape index (κ2) is 7.10. The number of sulfonamides is 1. The zero-order valence-corrected chi connectivity index (χ0v) is 18.3. The van der Waals surface area contributed by atoms with Gasteiger partial charge in [0, 0.05) is 54.8 Å². The Morgan fingerprint density at radius 1 is 1.15 bits per heavy atom. The van der Waals surface area contributed by atoms with Gasteiger partial charge in [-0.3, -0.25) is 0 Å². The lowest BCUT2D eigenvalue weighted by Gasteiger charge is -2.35. The lowest BCUT2D eigenvalue weighted by atomic mass is 10.2. The van der Waals surface area contributed by atoms with Crippen LogP contribution in [-0.2, 0) is 21.8 Å². The highest BCUT2D eigenvalue weighted by molar-refractivity contribution is 9.10.